The zero-order chi connectivity index (χ0) is 7.56. The molecule has 0 saturated heterocycles. The van der Waals surface area contributed by atoms with Gasteiger partial charge in [-0.2, -0.15) is 5.26 Å². The van der Waals surface area contributed by atoms with Gasteiger partial charge in [-0.05, 0) is 0 Å². The Labute approximate surface area is 56.5 Å². The Bertz CT molecular complexity index is 295. The Morgan fingerprint density at radius 1 is 1.90 bits per heavy atom. The number of nitrogens with two attached hydrogens (primary N) is 1. The van der Waals surface area contributed by atoms with Gasteiger partial charge < -0.3 is 10.7 Å². The number of primary amides is 1. The van der Waals surface area contributed by atoms with Crippen molar-refractivity contribution in [2.24, 2.45) is 5.73 Å². The topological polar surface area (TPSA) is 95.6 Å². The van der Waals surface area contributed by atoms with Crippen molar-refractivity contribution >= 4 is 5.91 Å². The van der Waals surface area contributed by atoms with Crippen LogP contribution >= 0.6 is 0 Å². The second-order valence-corrected chi connectivity index (χ2v) is 1.62. The Morgan fingerprint density at radius 3 is 2.90 bits per heavy atom. The Morgan fingerprint density at radius 2 is 2.60 bits per heavy atom. The summed E-state index contributed by atoms with van der Waals surface area (Å²) in [5.74, 6) is -0.655. The minimum absolute atomic E-state index is 0.0107. The molecule has 1 amide bonds. The number of nitrogens with zero attached hydrogens (tertiary/aromatic N) is 2. The summed E-state index contributed by atoms with van der Waals surface area (Å²) in [6.45, 7) is 0. The highest BCUT2D eigenvalue weighted by Crippen LogP contribution is 1.92. The SMILES string of the molecule is N#Cc1cnc(C(N)=O)[nH]1. The highest BCUT2D eigenvalue weighted by Gasteiger charge is 2.03. The maximum absolute atomic E-state index is 10.3. The molecule has 0 unspecified atom stereocenters. The molecule has 0 aliphatic heterocycles. The van der Waals surface area contributed by atoms with Gasteiger partial charge in [-0.15, -0.1) is 0 Å². The lowest BCUT2D eigenvalue weighted by Crippen LogP contribution is -2.12. The van der Waals surface area contributed by atoms with Crippen LogP contribution in [0.15, 0.2) is 6.20 Å². The molecule has 50 valence electrons. The van der Waals surface area contributed by atoms with Crippen molar-refractivity contribution in [1.82, 2.24) is 9.97 Å². The number of H-pyrrole nitrogens is 1. The number of nitrogens with one attached hydrogen (secondary N) is 1. The summed E-state index contributed by atoms with van der Waals surface area (Å²) >= 11 is 0. The lowest BCUT2D eigenvalue weighted by Gasteiger charge is -1.81. The van der Waals surface area contributed by atoms with Crippen LogP contribution < -0.4 is 5.73 Å². The van der Waals surface area contributed by atoms with Gasteiger partial charge in [0.2, 0.25) is 0 Å². The number of nitriles is 1. The summed E-state index contributed by atoms with van der Waals surface area (Å²) in [4.78, 5) is 16.3. The molecule has 0 aliphatic rings. The number of hydrogen-bond acceptors (Lipinski definition) is 3. The van der Waals surface area contributed by atoms with Crippen LogP contribution in [-0.2, 0) is 0 Å². The standard InChI is InChI=1S/C5H4N4O/c6-1-3-2-8-5(9-3)4(7)10/h2H,(H2,7,10)(H,8,9). The van der Waals surface area contributed by atoms with E-state index in [0.717, 1.165) is 0 Å². The highest BCUT2D eigenvalue weighted by molar-refractivity contribution is 5.88. The van der Waals surface area contributed by atoms with Crippen molar-refractivity contribution < 1.29 is 4.79 Å². The van der Waals surface area contributed by atoms with E-state index in [2.05, 4.69) is 9.97 Å². The van der Waals surface area contributed by atoms with E-state index in [-0.39, 0.29) is 11.5 Å². The molecule has 5 nitrogen and oxygen atoms in total. The van der Waals surface area contributed by atoms with Crippen LogP contribution in [0, 0.1) is 11.3 Å². The van der Waals surface area contributed by atoms with Gasteiger partial charge in [0.1, 0.15) is 11.8 Å². The smallest absolute Gasteiger partial charge is 0.284 e. The van der Waals surface area contributed by atoms with Gasteiger partial charge in [0.15, 0.2) is 5.82 Å². The minimum Gasteiger partial charge on any atom is -0.363 e. The number of amides is 1. The number of rotatable bonds is 1. The van der Waals surface area contributed by atoms with Crippen molar-refractivity contribution in [2.45, 2.75) is 0 Å². The third kappa shape index (κ3) is 0.951. The number of aromatic nitrogens is 2. The van der Waals surface area contributed by atoms with E-state index in [1.54, 1.807) is 6.07 Å². The average Bonchev–Trinajstić information content (AvgIpc) is 2.34. The summed E-state index contributed by atoms with van der Waals surface area (Å²) in [5.41, 5.74) is 5.07. The zero-order valence-electron chi connectivity index (χ0n) is 4.96. The van der Waals surface area contributed by atoms with E-state index in [9.17, 15) is 4.79 Å². The maximum atomic E-state index is 10.3. The van der Waals surface area contributed by atoms with E-state index in [1.807, 2.05) is 0 Å². The molecule has 0 aromatic carbocycles. The number of carbonyl (C=O) groups is 1. The minimum atomic E-state index is -0.665. The van der Waals surface area contributed by atoms with Crippen LogP contribution in [0.1, 0.15) is 16.3 Å². The number of aromatic amines is 1. The number of imidazole rings is 1. The predicted octanol–water partition coefficient (Wildman–Crippen LogP) is -0.620. The molecule has 0 fully saturated rings. The zero-order valence-corrected chi connectivity index (χ0v) is 4.96. The van der Waals surface area contributed by atoms with E-state index >= 15 is 0 Å². The van der Waals surface area contributed by atoms with Crippen molar-refractivity contribution in [3.05, 3.63) is 17.7 Å². The molecule has 0 aliphatic carbocycles. The summed E-state index contributed by atoms with van der Waals surface area (Å²) in [5, 5.41) is 8.26. The van der Waals surface area contributed by atoms with Crippen LogP contribution in [0.3, 0.4) is 0 Å². The lowest BCUT2D eigenvalue weighted by atomic mass is 10.5. The first kappa shape index (κ1) is 6.29. The first-order valence-electron chi connectivity index (χ1n) is 2.49. The molecule has 10 heavy (non-hydrogen) atoms. The number of hydrogen-bond donors (Lipinski definition) is 2. The summed E-state index contributed by atoms with van der Waals surface area (Å²) in [6.07, 6.45) is 1.25. The summed E-state index contributed by atoms with van der Waals surface area (Å²) in [7, 11) is 0. The molecule has 5 heteroatoms. The van der Waals surface area contributed by atoms with Crippen molar-refractivity contribution in [2.75, 3.05) is 0 Å². The van der Waals surface area contributed by atoms with Gasteiger partial charge in [0.05, 0.1) is 6.20 Å². The molecule has 0 radical (unpaired) electrons. The van der Waals surface area contributed by atoms with Gasteiger partial charge in [-0.1, -0.05) is 0 Å². The Kier molecular flexibility index (Phi) is 1.38. The van der Waals surface area contributed by atoms with Gasteiger partial charge >= 0.3 is 0 Å². The first-order chi connectivity index (χ1) is 4.74. The highest BCUT2D eigenvalue weighted by atomic mass is 16.1. The van der Waals surface area contributed by atoms with Crippen LogP contribution in [0.2, 0.25) is 0 Å². The van der Waals surface area contributed by atoms with E-state index < -0.39 is 5.91 Å². The molecule has 1 aromatic rings. The van der Waals surface area contributed by atoms with Crippen LogP contribution in [-0.4, -0.2) is 15.9 Å². The fraction of sp³-hybridized carbons (Fsp3) is 0. The molecular weight excluding hydrogens is 132 g/mol. The molecular formula is C5H4N4O. The van der Waals surface area contributed by atoms with E-state index in [0.29, 0.717) is 0 Å². The van der Waals surface area contributed by atoms with Crippen LogP contribution in [0.25, 0.3) is 0 Å². The molecule has 1 aromatic heterocycles. The normalized spacial score (nSPS) is 8.70. The van der Waals surface area contributed by atoms with Crippen molar-refractivity contribution in [1.29, 1.82) is 5.26 Å². The van der Waals surface area contributed by atoms with Gasteiger partial charge in [-0.3, -0.25) is 4.79 Å². The molecule has 0 atom stereocenters. The third-order valence-electron chi connectivity index (χ3n) is 0.930. The van der Waals surface area contributed by atoms with Crippen LogP contribution in [0.5, 0.6) is 0 Å². The average molecular weight is 136 g/mol. The van der Waals surface area contributed by atoms with Gasteiger partial charge in [-0.25, -0.2) is 4.98 Å². The molecule has 0 saturated carbocycles. The maximum Gasteiger partial charge on any atom is 0.284 e. The fourth-order valence-corrected chi connectivity index (χ4v) is 0.503. The Hall–Kier alpha value is -1.83. The molecule has 1 heterocycles. The molecule has 3 N–H and O–H groups in total. The van der Waals surface area contributed by atoms with E-state index in [4.69, 9.17) is 11.0 Å². The van der Waals surface area contributed by atoms with Crippen molar-refractivity contribution in [3.8, 4) is 6.07 Å². The largest absolute Gasteiger partial charge is 0.363 e. The molecule has 1 rings (SSSR count). The van der Waals surface area contributed by atoms with Crippen molar-refractivity contribution in [3.63, 3.8) is 0 Å². The second kappa shape index (κ2) is 2.19. The third-order valence-corrected chi connectivity index (χ3v) is 0.930. The van der Waals surface area contributed by atoms with E-state index in [1.165, 1.54) is 6.20 Å². The fourth-order valence-electron chi connectivity index (χ4n) is 0.503. The second-order valence-electron chi connectivity index (χ2n) is 1.62. The van der Waals surface area contributed by atoms with Crippen LogP contribution in [0.4, 0.5) is 0 Å². The first-order valence-corrected chi connectivity index (χ1v) is 2.49. The summed E-state index contributed by atoms with van der Waals surface area (Å²) in [6, 6.07) is 1.78. The van der Waals surface area contributed by atoms with Gasteiger partial charge in [0, 0.05) is 0 Å². The summed E-state index contributed by atoms with van der Waals surface area (Å²) < 4.78 is 0. The van der Waals surface area contributed by atoms with Gasteiger partial charge in [0.25, 0.3) is 5.91 Å². The Balaban J connectivity index is 3.02. The lowest BCUT2D eigenvalue weighted by molar-refractivity contribution is 0.0991. The predicted molar refractivity (Wildman–Crippen MR) is 31.8 cm³/mol. The molecule has 0 spiro atoms. The number of carbonyl (C=O) groups excluding carboxylic acids is 1. The molecule has 0 bridgehead atoms. The quantitative estimate of drug-likeness (QED) is 0.538. The monoisotopic (exact) mass is 136 g/mol.